The molecule has 0 spiro atoms. The van der Waals surface area contributed by atoms with Crippen molar-refractivity contribution in [2.75, 3.05) is 20.1 Å². The van der Waals surface area contributed by atoms with E-state index in [-0.39, 0.29) is 5.91 Å². The van der Waals surface area contributed by atoms with Crippen LogP contribution in [0.15, 0.2) is 12.3 Å². The molecule has 0 bridgehead atoms. The fourth-order valence-corrected chi connectivity index (χ4v) is 2.27. The van der Waals surface area contributed by atoms with Crippen LogP contribution < -0.4 is 5.32 Å². The molecular formula is C12H20N4O. The van der Waals surface area contributed by atoms with Crippen molar-refractivity contribution >= 4 is 5.91 Å². The maximum absolute atomic E-state index is 12.1. The van der Waals surface area contributed by atoms with Gasteiger partial charge in [-0.25, -0.2) is 0 Å². The Balaban J connectivity index is 1.93. The summed E-state index contributed by atoms with van der Waals surface area (Å²) in [5.74, 6) is 0.0392. The molecular weight excluding hydrogens is 216 g/mol. The molecule has 1 aliphatic rings. The van der Waals surface area contributed by atoms with Crippen molar-refractivity contribution in [3.05, 3.63) is 18.0 Å². The molecule has 5 nitrogen and oxygen atoms in total. The number of amides is 1. The van der Waals surface area contributed by atoms with E-state index in [1.807, 2.05) is 7.05 Å². The molecule has 1 aliphatic heterocycles. The molecule has 0 radical (unpaired) electrons. The zero-order chi connectivity index (χ0) is 12.3. The van der Waals surface area contributed by atoms with Crippen LogP contribution >= 0.6 is 0 Å². The van der Waals surface area contributed by atoms with Crippen molar-refractivity contribution in [2.45, 2.75) is 25.3 Å². The first-order valence-corrected chi connectivity index (χ1v) is 6.15. The van der Waals surface area contributed by atoms with Crippen LogP contribution in [0.5, 0.6) is 0 Å². The quantitative estimate of drug-likeness (QED) is 0.837. The van der Waals surface area contributed by atoms with Gasteiger partial charge < -0.3 is 10.2 Å². The van der Waals surface area contributed by atoms with Gasteiger partial charge in [0.15, 0.2) is 0 Å². The summed E-state index contributed by atoms with van der Waals surface area (Å²) in [6.07, 6.45) is 5.31. The predicted molar refractivity (Wildman–Crippen MR) is 65.8 cm³/mol. The lowest BCUT2D eigenvalue weighted by molar-refractivity contribution is 0.0764. The van der Waals surface area contributed by atoms with Crippen LogP contribution in [0.4, 0.5) is 0 Å². The zero-order valence-electron chi connectivity index (χ0n) is 10.5. The number of nitrogens with zero attached hydrogens (tertiary/aromatic N) is 3. The summed E-state index contributed by atoms with van der Waals surface area (Å²) >= 11 is 0. The number of hydrogen-bond acceptors (Lipinski definition) is 3. The fraction of sp³-hybridized carbons (Fsp3) is 0.667. The molecule has 1 unspecified atom stereocenters. The van der Waals surface area contributed by atoms with Crippen LogP contribution in [0.2, 0.25) is 0 Å². The van der Waals surface area contributed by atoms with Gasteiger partial charge in [0.25, 0.3) is 5.91 Å². The minimum absolute atomic E-state index is 0.0392. The van der Waals surface area contributed by atoms with Crippen molar-refractivity contribution in [3.8, 4) is 0 Å². The second-order valence-corrected chi connectivity index (χ2v) is 4.67. The fourth-order valence-electron chi connectivity index (χ4n) is 2.27. The average molecular weight is 236 g/mol. The number of aromatic nitrogens is 2. The Hall–Kier alpha value is -1.36. The van der Waals surface area contributed by atoms with Gasteiger partial charge in [-0.3, -0.25) is 9.48 Å². The molecule has 2 heterocycles. The summed E-state index contributed by atoms with van der Waals surface area (Å²) in [7, 11) is 3.64. The predicted octanol–water partition coefficient (Wildman–Crippen LogP) is 0.634. The topological polar surface area (TPSA) is 50.2 Å². The van der Waals surface area contributed by atoms with Crippen molar-refractivity contribution in [1.29, 1.82) is 0 Å². The highest BCUT2D eigenvalue weighted by molar-refractivity contribution is 5.92. The Labute approximate surface area is 102 Å². The van der Waals surface area contributed by atoms with Crippen molar-refractivity contribution in [1.82, 2.24) is 20.0 Å². The molecule has 1 fully saturated rings. The van der Waals surface area contributed by atoms with E-state index < -0.39 is 0 Å². The van der Waals surface area contributed by atoms with Gasteiger partial charge in [0.2, 0.25) is 0 Å². The molecule has 1 N–H and O–H groups in total. The maximum atomic E-state index is 12.1. The second-order valence-electron chi connectivity index (χ2n) is 4.67. The minimum Gasteiger partial charge on any atom is -0.339 e. The highest BCUT2D eigenvalue weighted by atomic mass is 16.2. The molecule has 0 aliphatic carbocycles. The maximum Gasteiger partial charge on any atom is 0.271 e. The van der Waals surface area contributed by atoms with Gasteiger partial charge in [-0.1, -0.05) is 6.42 Å². The van der Waals surface area contributed by atoms with Crippen molar-refractivity contribution < 1.29 is 4.79 Å². The van der Waals surface area contributed by atoms with Crippen molar-refractivity contribution in [2.24, 2.45) is 7.05 Å². The van der Waals surface area contributed by atoms with E-state index in [9.17, 15) is 4.79 Å². The molecule has 0 saturated carbocycles. The molecule has 5 heteroatoms. The summed E-state index contributed by atoms with van der Waals surface area (Å²) in [5, 5.41) is 7.47. The van der Waals surface area contributed by atoms with Crippen LogP contribution in [0.25, 0.3) is 0 Å². The van der Waals surface area contributed by atoms with E-state index in [0.717, 1.165) is 19.5 Å². The van der Waals surface area contributed by atoms with Crippen LogP contribution in [0, 0.1) is 0 Å². The first-order valence-electron chi connectivity index (χ1n) is 6.15. The number of nitrogens with one attached hydrogen (secondary N) is 1. The molecule has 1 atom stereocenters. The summed E-state index contributed by atoms with van der Waals surface area (Å²) in [5.41, 5.74) is 0.642. The van der Waals surface area contributed by atoms with E-state index in [1.165, 1.54) is 12.8 Å². The lowest BCUT2D eigenvalue weighted by atomic mass is 10.0. The standard InChI is InChI=1S/C12H20N4O/c1-15(9-10-5-3-4-7-13-10)12(17)11-6-8-14-16(11)2/h6,8,10,13H,3-5,7,9H2,1-2H3. The third-order valence-electron chi connectivity index (χ3n) is 3.29. The van der Waals surface area contributed by atoms with Gasteiger partial charge in [0.05, 0.1) is 0 Å². The Morgan fingerprint density at radius 1 is 1.65 bits per heavy atom. The Kier molecular flexibility index (Phi) is 3.78. The molecule has 1 aromatic heterocycles. The van der Waals surface area contributed by atoms with Crippen LogP contribution in [-0.2, 0) is 7.05 Å². The zero-order valence-corrected chi connectivity index (χ0v) is 10.5. The molecule has 94 valence electrons. The van der Waals surface area contributed by atoms with Crippen LogP contribution in [-0.4, -0.2) is 46.8 Å². The molecule has 17 heavy (non-hydrogen) atoms. The molecule has 0 aromatic carbocycles. The summed E-state index contributed by atoms with van der Waals surface area (Å²) in [6.45, 7) is 1.84. The minimum atomic E-state index is 0.0392. The summed E-state index contributed by atoms with van der Waals surface area (Å²) in [4.78, 5) is 13.9. The first-order chi connectivity index (χ1) is 8.18. The summed E-state index contributed by atoms with van der Waals surface area (Å²) in [6, 6.07) is 2.19. The van der Waals surface area contributed by atoms with E-state index in [1.54, 1.807) is 28.9 Å². The largest absolute Gasteiger partial charge is 0.339 e. The van der Waals surface area contributed by atoms with E-state index in [2.05, 4.69) is 10.4 Å². The van der Waals surface area contributed by atoms with Gasteiger partial charge in [-0.15, -0.1) is 0 Å². The number of hydrogen-bond donors (Lipinski definition) is 1. The summed E-state index contributed by atoms with van der Waals surface area (Å²) < 4.78 is 1.62. The third-order valence-corrected chi connectivity index (χ3v) is 3.29. The number of carbonyl (C=O) groups excluding carboxylic acids is 1. The van der Waals surface area contributed by atoms with Gasteiger partial charge in [-0.2, -0.15) is 5.10 Å². The Bertz CT molecular complexity index is 382. The average Bonchev–Trinajstić information content (AvgIpc) is 2.76. The third kappa shape index (κ3) is 2.85. The molecule has 1 amide bonds. The van der Waals surface area contributed by atoms with Crippen LogP contribution in [0.1, 0.15) is 29.8 Å². The molecule has 1 saturated heterocycles. The van der Waals surface area contributed by atoms with Gasteiger partial charge in [-0.05, 0) is 25.5 Å². The van der Waals surface area contributed by atoms with Gasteiger partial charge >= 0.3 is 0 Å². The SMILES string of the molecule is CN(CC1CCCCN1)C(=O)c1ccnn1C. The lowest BCUT2D eigenvalue weighted by Gasteiger charge is -2.28. The first kappa shape index (κ1) is 12.1. The smallest absolute Gasteiger partial charge is 0.271 e. The highest BCUT2D eigenvalue weighted by Gasteiger charge is 2.20. The van der Waals surface area contributed by atoms with E-state index in [0.29, 0.717) is 11.7 Å². The Morgan fingerprint density at radius 3 is 3.06 bits per heavy atom. The number of rotatable bonds is 3. The Morgan fingerprint density at radius 2 is 2.47 bits per heavy atom. The second kappa shape index (κ2) is 5.31. The highest BCUT2D eigenvalue weighted by Crippen LogP contribution is 2.09. The number of aryl methyl sites for hydroxylation is 1. The van der Waals surface area contributed by atoms with Gasteiger partial charge in [0.1, 0.15) is 5.69 Å². The molecule has 1 aromatic rings. The number of likely N-dealkylation sites (N-methyl/N-ethyl adjacent to an activating group) is 1. The number of carbonyl (C=O) groups is 1. The van der Waals surface area contributed by atoms with E-state index in [4.69, 9.17) is 0 Å². The molecule has 2 rings (SSSR count). The number of piperidine rings is 1. The lowest BCUT2D eigenvalue weighted by Crippen LogP contribution is -2.44. The normalized spacial score (nSPS) is 20.2. The van der Waals surface area contributed by atoms with Crippen LogP contribution in [0.3, 0.4) is 0 Å². The van der Waals surface area contributed by atoms with Crippen molar-refractivity contribution in [3.63, 3.8) is 0 Å². The van der Waals surface area contributed by atoms with Gasteiger partial charge in [0, 0.05) is 32.9 Å². The monoisotopic (exact) mass is 236 g/mol. The van der Waals surface area contributed by atoms with E-state index >= 15 is 0 Å².